The molecule has 0 aromatic heterocycles. The van der Waals surface area contributed by atoms with E-state index in [4.69, 9.17) is 4.74 Å². The molecule has 2 N–H and O–H groups in total. The van der Waals surface area contributed by atoms with Crippen LogP contribution in [0.2, 0.25) is 0 Å². The lowest BCUT2D eigenvalue weighted by Crippen LogP contribution is -2.51. The number of carbonyl (C=O) groups is 2. The Bertz CT molecular complexity index is 435. The summed E-state index contributed by atoms with van der Waals surface area (Å²) in [5.74, 6) is -0.875. The third kappa shape index (κ3) is 5.51. The largest absolute Gasteiger partial charge is 0.480 e. The van der Waals surface area contributed by atoms with Crippen molar-refractivity contribution in [2.75, 3.05) is 19.7 Å². The molecule has 1 aliphatic heterocycles. The van der Waals surface area contributed by atoms with E-state index in [0.717, 1.165) is 51.4 Å². The number of carboxylic acid groups (broad SMARTS) is 1. The molecule has 2 amide bonds. The van der Waals surface area contributed by atoms with E-state index >= 15 is 0 Å². The molecule has 0 spiro atoms. The van der Waals surface area contributed by atoms with E-state index in [1.807, 2.05) is 6.08 Å². The van der Waals surface area contributed by atoms with Crippen LogP contribution in [0.3, 0.4) is 0 Å². The summed E-state index contributed by atoms with van der Waals surface area (Å²) < 4.78 is 5.77. The van der Waals surface area contributed by atoms with Crippen LogP contribution in [0, 0.1) is 5.92 Å². The fraction of sp³-hybridized carbons (Fsp3) is 0.778. The molecule has 24 heavy (non-hydrogen) atoms. The maximum Gasteiger partial charge on any atom is 0.326 e. The van der Waals surface area contributed by atoms with Gasteiger partial charge in [-0.3, -0.25) is 0 Å². The van der Waals surface area contributed by atoms with Crippen LogP contribution in [0.25, 0.3) is 0 Å². The highest BCUT2D eigenvalue weighted by Gasteiger charge is 2.34. The number of nitrogens with zero attached hydrogens (tertiary/aromatic N) is 1. The summed E-state index contributed by atoms with van der Waals surface area (Å²) >= 11 is 0. The van der Waals surface area contributed by atoms with Gasteiger partial charge in [0.15, 0.2) is 0 Å². The van der Waals surface area contributed by atoms with Crippen molar-refractivity contribution in [1.29, 1.82) is 0 Å². The number of hydrogen-bond donors (Lipinski definition) is 2. The van der Waals surface area contributed by atoms with Gasteiger partial charge in [-0.05, 0) is 38.0 Å². The number of unbranched alkanes of at least 4 members (excludes halogenated alkanes) is 1. The fourth-order valence-electron chi connectivity index (χ4n) is 3.60. The number of nitrogens with one attached hydrogen (secondary N) is 1. The Kier molecular flexibility index (Phi) is 7.56. The van der Waals surface area contributed by atoms with Crippen LogP contribution in [-0.2, 0) is 9.53 Å². The van der Waals surface area contributed by atoms with Gasteiger partial charge in [0.2, 0.25) is 0 Å². The molecule has 2 atom stereocenters. The summed E-state index contributed by atoms with van der Waals surface area (Å²) in [5, 5.41) is 12.2. The number of ether oxygens (including phenoxy) is 1. The molecule has 0 bridgehead atoms. The highest BCUT2D eigenvalue weighted by molar-refractivity contribution is 5.83. The third-order valence-corrected chi connectivity index (χ3v) is 5.00. The molecule has 1 aliphatic carbocycles. The summed E-state index contributed by atoms with van der Waals surface area (Å²) in [7, 11) is 0. The summed E-state index contributed by atoms with van der Waals surface area (Å²) in [6.45, 7) is 5.51. The summed E-state index contributed by atoms with van der Waals surface area (Å²) in [6.07, 6.45) is 9.62. The van der Waals surface area contributed by atoms with E-state index < -0.39 is 12.0 Å². The van der Waals surface area contributed by atoms with Crippen LogP contribution in [0.1, 0.15) is 51.4 Å². The van der Waals surface area contributed by atoms with Gasteiger partial charge in [0.25, 0.3) is 0 Å². The number of allylic oxidation sites excluding steroid dienone is 1. The minimum Gasteiger partial charge on any atom is -0.480 e. The van der Waals surface area contributed by atoms with Crippen LogP contribution in [0.4, 0.5) is 4.79 Å². The van der Waals surface area contributed by atoms with Gasteiger partial charge < -0.3 is 20.1 Å². The zero-order chi connectivity index (χ0) is 17.4. The van der Waals surface area contributed by atoms with Gasteiger partial charge in [-0.25, -0.2) is 9.59 Å². The number of carboxylic acids is 1. The number of urea groups is 1. The summed E-state index contributed by atoms with van der Waals surface area (Å²) in [4.78, 5) is 25.6. The van der Waals surface area contributed by atoms with Crippen molar-refractivity contribution < 1.29 is 19.4 Å². The molecular weight excluding hydrogens is 308 g/mol. The summed E-state index contributed by atoms with van der Waals surface area (Å²) in [6, 6.07) is -1.05. The molecule has 1 saturated heterocycles. The second-order valence-electron chi connectivity index (χ2n) is 6.82. The fourth-order valence-corrected chi connectivity index (χ4v) is 3.60. The maximum absolute atomic E-state index is 12.4. The van der Waals surface area contributed by atoms with Gasteiger partial charge >= 0.3 is 12.0 Å². The van der Waals surface area contributed by atoms with Gasteiger partial charge in [0.1, 0.15) is 6.04 Å². The zero-order valence-electron chi connectivity index (χ0n) is 14.4. The molecule has 0 aromatic rings. The lowest BCUT2D eigenvalue weighted by molar-refractivity contribution is -0.141. The minimum absolute atomic E-state index is 0.0498. The number of aliphatic carboxylic acids is 1. The number of amides is 2. The average molecular weight is 338 g/mol. The van der Waals surface area contributed by atoms with E-state index in [-0.39, 0.29) is 18.1 Å². The quantitative estimate of drug-likeness (QED) is 0.527. The lowest BCUT2D eigenvalue weighted by Gasteiger charge is -2.29. The van der Waals surface area contributed by atoms with Crippen molar-refractivity contribution >= 4 is 12.0 Å². The van der Waals surface area contributed by atoms with E-state index in [1.54, 1.807) is 4.90 Å². The molecule has 2 fully saturated rings. The van der Waals surface area contributed by atoms with Crippen LogP contribution >= 0.6 is 0 Å². The standard InChI is InChI=1S/C18H30N2O4/c1-2-3-7-12-24-15-10-11-20(13-15)18(23)19-16(17(21)22)14-8-5-4-6-9-14/h2,14-16H,1,3-13H2,(H,19,23)(H,21,22)/t15-,16-/m0/s1. The second-order valence-corrected chi connectivity index (χ2v) is 6.82. The van der Waals surface area contributed by atoms with Gasteiger partial charge in [0.05, 0.1) is 6.10 Å². The van der Waals surface area contributed by atoms with Gasteiger partial charge in [-0.15, -0.1) is 6.58 Å². The average Bonchev–Trinajstić information content (AvgIpc) is 3.06. The molecule has 2 rings (SSSR count). The van der Waals surface area contributed by atoms with E-state index in [1.165, 1.54) is 0 Å². The number of rotatable bonds is 8. The van der Waals surface area contributed by atoms with Crippen molar-refractivity contribution in [3.8, 4) is 0 Å². The molecule has 6 heteroatoms. The monoisotopic (exact) mass is 338 g/mol. The van der Waals surface area contributed by atoms with Gasteiger partial charge in [-0.2, -0.15) is 0 Å². The smallest absolute Gasteiger partial charge is 0.326 e. The summed E-state index contributed by atoms with van der Waals surface area (Å²) in [5.41, 5.74) is 0. The Balaban J connectivity index is 1.78. The lowest BCUT2D eigenvalue weighted by atomic mass is 9.84. The SMILES string of the molecule is C=CCCCO[C@H]1CCN(C(=O)N[C@H](C(=O)O)C2CCCCC2)C1. The van der Waals surface area contributed by atoms with Gasteiger partial charge in [-0.1, -0.05) is 25.3 Å². The molecule has 6 nitrogen and oxygen atoms in total. The topological polar surface area (TPSA) is 78.9 Å². The minimum atomic E-state index is -0.924. The molecule has 2 aliphatic rings. The van der Waals surface area contributed by atoms with E-state index in [0.29, 0.717) is 19.7 Å². The van der Waals surface area contributed by atoms with Crippen molar-refractivity contribution in [2.24, 2.45) is 5.92 Å². The number of carbonyl (C=O) groups excluding carboxylic acids is 1. The molecule has 0 radical (unpaired) electrons. The first-order valence-corrected chi connectivity index (χ1v) is 9.12. The van der Waals surface area contributed by atoms with Crippen molar-refractivity contribution in [1.82, 2.24) is 10.2 Å². The normalized spacial score (nSPS) is 23.0. The van der Waals surface area contributed by atoms with Crippen molar-refractivity contribution in [3.05, 3.63) is 12.7 Å². The molecule has 1 heterocycles. The molecule has 0 unspecified atom stereocenters. The van der Waals surface area contributed by atoms with Gasteiger partial charge in [0, 0.05) is 19.7 Å². The van der Waals surface area contributed by atoms with Crippen molar-refractivity contribution in [3.63, 3.8) is 0 Å². The van der Waals surface area contributed by atoms with Crippen LogP contribution in [-0.4, -0.2) is 53.8 Å². The Morgan fingerprint density at radius 1 is 1.29 bits per heavy atom. The maximum atomic E-state index is 12.4. The Morgan fingerprint density at radius 3 is 2.71 bits per heavy atom. The third-order valence-electron chi connectivity index (χ3n) is 5.00. The first-order chi connectivity index (χ1) is 11.6. The van der Waals surface area contributed by atoms with E-state index in [2.05, 4.69) is 11.9 Å². The Morgan fingerprint density at radius 2 is 2.04 bits per heavy atom. The predicted molar refractivity (Wildman–Crippen MR) is 91.9 cm³/mol. The second kappa shape index (κ2) is 9.67. The molecular formula is C18H30N2O4. The predicted octanol–water partition coefficient (Wildman–Crippen LogP) is 2.79. The number of hydrogen-bond acceptors (Lipinski definition) is 3. The Hall–Kier alpha value is -1.56. The Labute approximate surface area is 144 Å². The first-order valence-electron chi connectivity index (χ1n) is 9.12. The molecule has 0 aromatic carbocycles. The zero-order valence-corrected chi connectivity index (χ0v) is 14.4. The van der Waals surface area contributed by atoms with Crippen LogP contribution in [0.15, 0.2) is 12.7 Å². The highest BCUT2D eigenvalue weighted by Crippen LogP contribution is 2.27. The molecule has 136 valence electrons. The van der Waals surface area contributed by atoms with Crippen LogP contribution < -0.4 is 5.32 Å². The molecule has 1 saturated carbocycles. The van der Waals surface area contributed by atoms with E-state index in [9.17, 15) is 14.7 Å². The van der Waals surface area contributed by atoms with Crippen LogP contribution in [0.5, 0.6) is 0 Å². The first kappa shape index (κ1) is 18.8. The van der Waals surface area contributed by atoms with Crippen molar-refractivity contribution in [2.45, 2.75) is 63.5 Å². The highest BCUT2D eigenvalue weighted by atomic mass is 16.5. The number of likely N-dealkylation sites (tertiary alicyclic amines) is 1.